The van der Waals surface area contributed by atoms with Gasteiger partial charge in [-0.05, 0) is 12.8 Å². The lowest BCUT2D eigenvalue weighted by Crippen LogP contribution is -2.44. The maximum absolute atomic E-state index is 9.54. The third kappa shape index (κ3) is 4.27. The van der Waals surface area contributed by atoms with Crippen LogP contribution in [0.4, 0.5) is 0 Å². The van der Waals surface area contributed by atoms with E-state index >= 15 is 0 Å². The minimum Gasteiger partial charge on any atom is -0.396 e. The van der Waals surface area contributed by atoms with Crippen molar-refractivity contribution in [2.45, 2.75) is 45.3 Å². The van der Waals surface area contributed by atoms with Gasteiger partial charge in [-0.1, -0.05) is 27.2 Å². The summed E-state index contributed by atoms with van der Waals surface area (Å²) < 4.78 is 0. The molecule has 16 heavy (non-hydrogen) atoms. The number of thioether (sulfide) groups is 1. The first-order valence-electron chi connectivity index (χ1n) is 6.58. The standard InChI is InChI=1S/C13H27NOS/c1-4-6-13(3,11-15)10-14-7-8-16-12(5-2)9-14/h12,15H,4-11H2,1-3H3. The average Bonchev–Trinajstić information content (AvgIpc) is 2.29. The van der Waals surface area contributed by atoms with Crippen molar-refractivity contribution in [3.63, 3.8) is 0 Å². The summed E-state index contributed by atoms with van der Waals surface area (Å²) in [6.07, 6.45) is 3.56. The highest BCUT2D eigenvalue weighted by molar-refractivity contribution is 8.00. The predicted octanol–water partition coefficient (Wildman–Crippen LogP) is 2.61. The van der Waals surface area contributed by atoms with E-state index in [0.29, 0.717) is 6.61 Å². The molecule has 96 valence electrons. The van der Waals surface area contributed by atoms with Crippen molar-refractivity contribution in [1.29, 1.82) is 0 Å². The Hall–Kier alpha value is 0.270. The second-order valence-corrected chi connectivity index (χ2v) is 6.76. The van der Waals surface area contributed by atoms with Gasteiger partial charge in [0.15, 0.2) is 0 Å². The highest BCUT2D eigenvalue weighted by atomic mass is 32.2. The fourth-order valence-corrected chi connectivity index (χ4v) is 3.77. The first-order valence-corrected chi connectivity index (χ1v) is 7.63. The molecule has 0 spiro atoms. The molecule has 1 aliphatic rings. The van der Waals surface area contributed by atoms with E-state index in [4.69, 9.17) is 0 Å². The normalized spacial score (nSPS) is 26.6. The molecule has 0 bridgehead atoms. The lowest BCUT2D eigenvalue weighted by atomic mass is 9.86. The molecular formula is C13H27NOS. The summed E-state index contributed by atoms with van der Waals surface area (Å²) in [4.78, 5) is 2.55. The monoisotopic (exact) mass is 245 g/mol. The van der Waals surface area contributed by atoms with Crippen molar-refractivity contribution >= 4 is 11.8 Å². The maximum Gasteiger partial charge on any atom is 0.0497 e. The summed E-state index contributed by atoms with van der Waals surface area (Å²) in [5.74, 6) is 1.26. The van der Waals surface area contributed by atoms with Crippen LogP contribution in [0.1, 0.15) is 40.0 Å². The smallest absolute Gasteiger partial charge is 0.0497 e. The first kappa shape index (κ1) is 14.3. The van der Waals surface area contributed by atoms with Gasteiger partial charge in [0.2, 0.25) is 0 Å². The maximum atomic E-state index is 9.54. The Kier molecular flexibility index (Phi) is 6.16. The van der Waals surface area contributed by atoms with Gasteiger partial charge in [-0.15, -0.1) is 0 Å². The molecule has 1 rings (SSSR count). The third-order valence-corrected chi connectivity index (χ3v) is 4.89. The van der Waals surface area contributed by atoms with Gasteiger partial charge in [0, 0.05) is 42.7 Å². The molecule has 2 atom stereocenters. The third-order valence-electron chi connectivity index (χ3n) is 3.52. The minimum absolute atomic E-state index is 0.106. The van der Waals surface area contributed by atoms with Crippen molar-refractivity contribution in [2.75, 3.05) is 32.0 Å². The predicted molar refractivity (Wildman–Crippen MR) is 73.1 cm³/mol. The van der Waals surface area contributed by atoms with Crippen LogP contribution in [0.3, 0.4) is 0 Å². The van der Waals surface area contributed by atoms with Crippen LogP contribution in [0.2, 0.25) is 0 Å². The van der Waals surface area contributed by atoms with Crippen molar-refractivity contribution < 1.29 is 5.11 Å². The van der Waals surface area contributed by atoms with Crippen LogP contribution in [0.25, 0.3) is 0 Å². The zero-order chi connectivity index (χ0) is 12.0. The average molecular weight is 245 g/mol. The van der Waals surface area contributed by atoms with E-state index < -0.39 is 0 Å². The quantitative estimate of drug-likeness (QED) is 0.778. The Morgan fingerprint density at radius 1 is 1.44 bits per heavy atom. The van der Waals surface area contributed by atoms with Crippen LogP contribution in [0.15, 0.2) is 0 Å². The Bertz CT molecular complexity index is 200. The Balaban J connectivity index is 2.44. The highest BCUT2D eigenvalue weighted by Crippen LogP contribution is 2.27. The number of nitrogens with zero attached hydrogens (tertiary/aromatic N) is 1. The fourth-order valence-electron chi connectivity index (χ4n) is 2.52. The van der Waals surface area contributed by atoms with E-state index in [9.17, 15) is 5.11 Å². The Morgan fingerprint density at radius 3 is 2.75 bits per heavy atom. The second-order valence-electron chi connectivity index (χ2n) is 5.35. The molecule has 1 fully saturated rings. The van der Waals surface area contributed by atoms with E-state index in [0.717, 1.165) is 24.6 Å². The molecule has 1 heterocycles. The largest absolute Gasteiger partial charge is 0.396 e. The van der Waals surface area contributed by atoms with Gasteiger partial charge in [-0.25, -0.2) is 0 Å². The minimum atomic E-state index is 0.106. The van der Waals surface area contributed by atoms with Crippen molar-refractivity contribution in [3.8, 4) is 0 Å². The van der Waals surface area contributed by atoms with Gasteiger partial charge < -0.3 is 10.0 Å². The van der Waals surface area contributed by atoms with Crippen LogP contribution >= 0.6 is 11.8 Å². The summed E-state index contributed by atoms with van der Waals surface area (Å²) >= 11 is 2.11. The number of aliphatic hydroxyl groups is 1. The molecule has 3 heteroatoms. The molecule has 1 aliphatic heterocycles. The Labute approximate surface area is 105 Å². The molecule has 0 radical (unpaired) electrons. The van der Waals surface area contributed by atoms with Crippen LogP contribution in [0.5, 0.6) is 0 Å². The molecule has 0 amide bonds. The number of hydrogen-bond acceptors (Lipinski definition) is 3. The molecule has 2 unspecified atom stereocenters. The van der Waals surface area contributed by atoms with E-state index in [1.807, 2.05) is 0 Å². The molecule has 1 saturated heterocycles. The van der Waals surface area contributed by atoms with Crippen LogP contribution in [-0.4, -0.2) is 47.3 Å². The van der Waals surface area contributed by atoms with Gasteiger partial charge in [0.25, 0.3) is 0 Å². The van der Waals surface area contributed by atoms with Gasteiger partial charge >= 0.3 is 0 Å². The Morgan fingerprint density at radius 2 is 2.19 bits per heavy atom. The van der Waals surface area contributed by atoms with Gasteiger partial charge in [0.1, 0.15) is 0 Å². The zero-order valence-electron chi connectivity index (χ0n) is 11.0. The molecule has 0 aromatic rings. The lowest BCUT2D eigenvalue weighted by Gasteiger charge is -2.38. The summed E-state index contributed by atoms with van der Waals surface area (Å²) in [6.45, 7) is 10.5. The molecule has 0 aliphatic carbocycles. The zero-order valence-corrected chi connectivity index (χ0v) is 11.9. The SMILES string of the molecule is CCCC(C)(CO)CN1CCSC(CC)C1. The van der Waals surface area contributed by atoms with Gasteiger partial charge in [0.05, 0.1) is 0 Å². The summed E-state index contributed by atoms with van der Waals surface area (Å²) in [6, 6.07) is 0. The highest BCUT2D eigenvalue weighted by Gasteiger charge is 2.28. The molecule has 0 saturated carbocycles. The van der Waals surface area contributed by atoms with E-state index in [1.165, 1.54) is 25.3 Å². The molecule has 2 nitrogen and oxygen atoms in total. The summed E-state index contributed by atoms with van der Waals surface area (Å²) in [5.41, 5.74) is 0.106. The molecule has 0 aromatic carbocycles. The number of aliphatic hydroxyl groups excluding tert-OH is 1. The molecule has 1 N–H and O–H groups in total. The van der Waals surface area contributed by atoms with E-state index in [-0.39, 0.29) is 5.41 Å². The first-order chi connectivity index (χ1) is 7.63. The molecule has 0 aromatic heterocycles. The number of rotatable bonds is 6. The van der Waals surface area contributed by atoms with Crippen molar-refractivity contribution in [1.82, 2.24) is 4.90 Å². The molecular weight excluding hydrogens is 218 g/mol. The summed E-state index contributed by atoms with van der Waals surface area (Å²) in [5, 5.41) is 10.3. The lowest BCUT2D eigenvalue weighted by molar-refractivity contribution is 0.0810. The second kappa shape index (κ2) is 6.87. The van der Waals surface area contributed by atoms with Crippen LogP contribution in [-0.2, 0) is 0 Å². The van der Waals surface area contributed by atoms with Crippen molar-refractivity contribution in [2.24, 2.45) is 5.41 Å². The van der Waals surface area contributed by atoms with E-state index in [2.05, 4.69) is 37.4 Å². The van der Waals surface area contributed by atoms with Crippen LogP contribution in [0, 0.1) is 5.41 Å². The summed E-state index contributed by atoms with van der Waals surface area (Å²) in [7, 11) is 0. The van der Waals surface area contributed by atoms with E-state index in [1.54, 1.807) is 0 Å². The fraction of sp³-hybridized carbons (Fsp3) is 1.00. The van der Waals surface area contributed by atoms with Crippen LogP contribution < -0.4 is 0 Å². The topological polar surface area (TPSA) is 23.5 Å². The van der Waals surface area contributed by atoms with Crippen molar-refractivity contribution in [3.05, 3.63) is 0 Å². The number of hydrogen-bond donors (Lipinski definition) is 1. The van der Waals surface area contributed by atoms with Gasteiger partial charge in [-0.3, -0.25) is 0 Å². The van der Waals surface area contributed by atoms with Gasteiger partial charge in [-0.2, -0.15) is 11.8 Å².